The van der Waals surface area contributed by atoms with Crippen molar-refractivity contribution < 1.29 is 14.5 Å². The molecule has 5 nitrogen and oxygen atoms in total. The number of ketones is 1. The number of ether oxygens (including phenoxy) is 1. The second-order valence-corrected chi connectivity index (χ2v) is 7.06. The van der Waals surface area contributed by atoms with Crippen molar-refractivity contribution in [2.45, 2.75) is 0 Å². The van der Waals surface area contributed by atoms with Crippen LogP contribution in [0.3, 0.4) is 0 Å². The third kappa shape index (κ3) is 3.65. The Morgan fingerprint density at radius 3 is 2.65 bits per heavy atom. The molecule has 1 aromatic carbocycles. The molecule has 1 aromatic heterocycles. The lowest BCUT2D eigenvalue weighted by Crippen LogP contribution is -2.11. The van der Waals surface area contributed by atoms with E-state index in [1.165, 1.54) is 23.5 Å². The summed E-state index contributed by atoms with van der Waals surface area (Å²) in [5.41, 5.74) is -0.181. The number of halogens is 2. The molecule has 20 heavy (non-hydrogen) atoms. The van der Waals surface area contributed by atoms with Crippen LogP contribution in [0.1, 0.15) is 9.67 Å². The molecular weight excluding hydrogens is 414 g/mol. The molecule has 0 aliphatic heterocycles. The van der Waals surface area contributed by atoms with E-state index in [0.29, 0.717) is 9.35 Å². The molecule has 0 aliphatic carbocycles. The van der Waals surface area contributed by atoms with E-state index in [4.69, 9.17) is 4.74 Å². The molecule has 0 saturated heterocycles. The van der Waals surface area contributed by atoms with Crippen molar-refractivity contribution in [2.24, 2.45) is 0 Å². The van der Waals surface area contributed by atoms with Gasteiger partial charge < -0.3 is 4.74 Å². The molecule has 2 rings (SSSR count). The van der Waals surface area contributed by atoms with Gasteiger partial charge in [0.25, 0.3) is 0 Å². The first-order valence-corrected chi connectivity index (χ1v) is 7.73. The lowest BCUT2D eigenvalue weighted by molar-refractivity contribution is -0.385. The van der Waals surface area contributed by atoms with Crippen molar-refractivity contribution >= 4 is 54.7 Å². The number of benzene rings is 1. The van der Waals surface area contributed by atoms with Crippen molar-refractivity contribution in [3.63, 3.8) is 0 Å². The van der Waals surface area contributed by atoms with E-state index in [1.807, 2.05) is 0 Å². The Bertz CT molecular complexity index is 671. The molecule has 104 valence electrons. The topological polar surface area (TPSA) is 69.4 Å². The lowest BCUT2D eigenvalue weighted by atomic mass is 10.3. The minimum atomic E-state index is -0.549. The molecule has 0 spiro atoms. The summed E-state index contributed by atoms with van der Waals surface area (Å²) in [4.78, 5) is 22.8. The van der Waals surface area contributed by atoms with Crippen LogP contribution >= 0.6 is 43.2 Å². The van der Waals surface area contributed by atoms with Crippen molar-refractivity contribution in [2.75, 3.05) is 6.61 Å². The van der Waals surface area contributed by atoms with Crippen LogP contribution in [-0.2, 0) is 0 Å². The average molecular weight is 421 g/mol. The number of nitrogens with zero attached hydrogens (tertiary/aromatic N) is 1. The summed E-state index contributed by atoms with van der Waals surface area (Å²) < 4.78 is 6.68. The van der Waals surface area contributed by atoms with Crippen LogP contribution in [0.4, 0.5) is 5.69 Å². The molecular formula is C12H7Br2NO4S. The summed E-state index contributed by atoms with van der Waals surface area (Å²) in [6.45, 7) is -0.241. The number of Topliss-reactive ketones (excluding diaryl/α,β-unsaturated/α-hetero) is 1. The van der Waals surface area contributed by atoms with E-state index >= 15 is 0 Å². The second-order valence-electron chi connectivity index (χ2n) is 3.68. The second kappa shape index (κ2) is 6.47. The first-order chi connectivity index (χ1) is 9.47. The molecule has 0 fully saturated rings. The fourth-order valence-corrected chi connectivity index (χ4v) is 3.09. The summed E-state index contributed by atoms with van der Waals surface area (Å²) >= 11 is 7.71. The average Bonchev–Trinajstić information content (AvgIpc) is 2.83. The van der Waals surface area contributed by atoms with Gasteiger partial charge in [-0.1, -0.05) is 15.9 Å². The van der Waals surface area contributed by atoms with Gasteiger partial charge in [0.1, 0.15) is 0 Å². The normalized spacial score (nSPS) is 10.3. The predicted octanol–water partition coefficient (Wildman–Crippen LogP) is 4.44. The molecule has 0 aliphatic rings. The van der Waals surface area contributed by atoms with Crippen LogP contribution in [-0.4, -0.2) is 17.3 Å². The number of hydrogen-bond acceptors (Lipinski definition) is 5. The van der Waals surface area contributed by atoms with E-state index in [1.54, 1.807) is 18.2 Å². The lowest BCUT2D eigenvalue weighted by Gasteiger charge is -2.05. The van der Waals surface area contributed by atoms with Gasteiger partial charge in [-0.25, -0.2) is 0 Å². The van der Waals surface area contributed by atoms with E-state index in [9.17, 15) is 14.9 Å². The zero-order valence-electron chi connectivity index (χ0n) is 9.84. The zero-order valence-corrected chi connectivity index (χ0v) is 13.8. The number of carbonyl (C=O) groups is 1. The quantitative estimate of drug-likeness (QED) is 0.407. The number of hydrogen-bond donors (Lipinski definition) is 0. The van der Waals surface area contributed by atoms with Crippen LogP contribution in [0.5, 0.6) is 5.75 Å². The van der Waals surface area contributed by atoms with Gasteiger partial charge in [0.05, 0.1) is 13.6 Å². The van der Waals surface area contributed by atoms with Gasteiger partial charge >= 0.3 is 5.69 Å². The number of nitro groups is 1. The van der Waals surface area contributed by atoms with Gasteiger partial charge in [-0.3, -0.25) is 14.9 Å². The maximum atomic E-state index is 11.9. The Kier molecular flexibility index (Phi) is 4.90. The maximum absolute atomic E-state index is 11.9. The summed E-state index contributed by atoms with van der Waals surface area (Å²) in [5.74, 6) is -0.153. The van der Waals surface area contributed by atoms with E-state index in [-0.39, 0.29) is 23.8 Å². The molecule has 1 heterocycles. The molecule has 0 N–H and O–H groups in total. The number of nitro benzene ring substituents is 1. The molecule has 0 saturated carbocycles. The highest BCUT2D eigenvalue weighted by Gasteiger charge is 2.17. The van der Waals surface area contributed by atoms with Crippen molar-refractivity contribution in [3.8, 4) is 5.75 Å². The highest BCUT2D eigenvalue weighted by atomic mass is 79.9. The molecule has 0 amide bonds. The van der Waals surface area contributed by atoms with Gasteiger partial charge in [-0.2, -0.15) is 0 Å². The standard InChI is InChI=1S/C12H7Br2NO4S/c13-7-1-2-10(8(5-7)15(17)18)19-6-9(16)11-3-4-12(14)20-11/h1-5H,6H2. The van der Waals surface area contributed by atoms with Crippen LogP contribution in [0, 0.1) is 10.1 Å². The van der Waals surface area contributed by atoms with E-state index < -0.39 is 4.92 Å². The molecule has 0 radical (unpaired) electrons. The van der Waals surface area contributed by atoms with Gasteiger partial charge in [0.15, 0.2) is 12.4 Å². The SMILES string of the molecule is O=C(COc1ccc(Br)cc1[N+](=O)[O-])c1ccc(Br)s1. The molecule has 2 aromatic rings. The first-order valence-electron chi connectivity index (χ1n) is 5.32. The number of rotatable bonds is 5. The Morgan fingerprint density at radius 2 is 2.05 bits per heavy atom. The van der Waals surface area contributed by atoms with Crippen LogP contribution < -0.4 is 4.74 Å². The van der Waals surface area contributed by atoms with Gasteiger partial charge in [0, 0.05) is 10.5 Å². The minimum Gasteiger partial charge on any atom is -0.478 e. The summed E-state index contributed by atoms with van der Waals surface area (Å²) in [5, 5.41) is 10.9. The molecule has 0 bridgehead atoms. The predicted molar refractivity (Wildman–Crippen MR) is 82.6 cm³/mol. The van der Waals surface area contributed by atoms with Crippen molar-refractivity contribution in [1.29, 1.82) is 0 Å². The van der Waals surface area contributed by atoms with Gasteiger partial charge in [0.2, 0.25) is 5.78 Å². The van der Waals surface area contributed by atoms with Crippen LogP contribution in [0.2, 0.25) is 0 Å². The number of thiophene rings is 1. The molecule has 8 heteroatoms. The Morgan fingerprint density at radius 1 is 1.30 bits per heavy atom. The smallest absolute Gasteiger partial charge is 0.312 e. The summed E-state index contributed by atoms with van der Waals surface area (Å²) in [6, 6.07) is 7.85. The van der Waals surface area contributed by atoms with Gasteiger partial charge in [-0.05, 0) is 40.2 Å². The van der Waals surface area contributed by atoms with Crippen LogP contribution in [0.25, 0.3) is 0 Å². The molecule has 0 atom stereocenters. The van der Waals surface area contributed by atoms with Crippen molar-refractivity contribution in [1.82, 2.24) is 0 Å². The number of carbonyl (C=O) groups excluding carboxylic acids is 1. The summed E-state index contributed by atoms with van der Waals surface area (Å²) in [7, 11) is 0. The zero-order chi connectivity index (χ0) is 14.7. The minimum absolute atomic E-state index is 0.0715. The summed E-state index contributed by atoms with van der Waals surface area (Å²) in [6.07, 6.45) is 0. The highest BCUT2D eigenvalue weighted by Crippen LogP contribution is 2.30. The molecule has 0 unspecified atom stereocenters. The van der Waals surface area contributed by atoms with Gasteiger partial charge in [-0.15, -0.1) is 11.3 Å². The fraction of sp³-hybridized carbons (Fsp3) is 0.0833. The first kappa shape index (κ1) is 15.1. The third-order valence-electron chi connectivity index (χ3n) is 2.32. The Balaban J connectivity index is 2.11. The third-order valence-corrected chi connectivity index (χ3v) is 4.48. The monoisotopic (exact) mass is 419 g/mol. The van der Waals surface area contributed by atoms with Crippen molar-refractivity contribution in [3.05, 3.63) is 53.6 Å². The Hall–Kier alpha value is -1.25. The fourth-order valence-electron chi connectivity index (χ4n) is 1.43. The maximum Gasteiger partial charge on any atom is 0.312 e. The van der Waals surface area contributed by atoms with E-state index in [0.717, 1.165) is 3.79 Å². The Labute approximate surface area is 135 Å². The van der Waals surface area contributed by atoms with Crippen LogP contribution in [0.15, 0.2) is 38.6 Å². The largest absolute Gasteiger partial charge is 0.478 e. The van der Waals surface area contributed by atoms with E-state index in [2.05, 4.69) is 31.9 Å². The highest BCUT2D eigenvalue weighted by molar-refractivity contribution is 9.11.